The maximum absolute atomic E-state index is 12.8. The summed E-state index contributed by atoms with van der Waals surface area (Å²) in [4.78, 5) is 11.9. The van der Waals surface area contributed by atoms with Crippen LogP contribution >= 0.6 is 0 Å². The van der Waals surface area contributed by atoms with E-state index >= 15 is 0 Å². The molecule has 2 amide bonds. The molecule has 0 aromatic heterocycles. The Morgan fingerprint density at radius 2 is 1.54 bits per heavy atom. The Morgan fingerprint density at radius 3 is 2.23 bits per heavy atom. The smallest absolute Gasteiger partial charge is 0.319 e. The predicted octanol–water partition coefficient (Wildman–Crippen LogP) is 4.73. The number of benzene rings is 3. The average Bonchev–Trinajstić information content (AvgIpc) is 2.68. The zero-order chi connectivity index (χ0) is 18.2. The van der Waals surface area contributed by atoms with Crippen molar-refractivity contribution in [1.82, 2.24) is 5.32 Å². The van der Waals surface area contributed by atoms with Crippen molar-refractivity contribution >= 4 is 11.7 Å². The zero-order valence-electron chi connectivity index (χ0n) is 14.1. The van der Waals surface area contributed by atoms with E-state index in [1.165, 1.54) is 12.1 Å². The van der Waals surface area contributed by atoms with Crippen molar-refractivity contribution in [1.29, 1.82) is 0 Å². The summed E-state index contributed by atoms with van der Waals surface area (Å²) in [6.07, 6.45) is 0. The first kappa shape index (κ1) is 17.5. The van der Waals surface area contributed by atoms with Crippen molar-refractivity contribution in [2.75, 3.05) is 5.32 Å². The lowest BCUT2D eigenvalue weighted by atomic mass is 10.2. The Balaban J connectivity index is 1.45. The molecule has 0 saturated heterocycles. The second-order valence-corrected chi connectivity index (χ2v) is 5.73. The maximum Gasteiger partial charge on any atom is 0.319 e. The molecule has 0 aliphatic carbocycles. The lowest BCUT2D eigenvalue weighted by Gasteiger charge is -2.09. The van der Waals surface area contributed by atoms with Gasteiger partial charge in [0.1, 0.15) is 18.2 Å². The molecule has 3 rings (SSSR count). The number of anilines is 1. The summed E-state index contributed by atoms with van der Waals surface area (Å²) < 4.78 is 18.6. The van der Waals surface area contributed by atoms with Crippen LogP contribution in [0.4, 0.5) is 14.9 Å². The molecule has 0 radical (unpaired) electrons. The van der Waals surface area contributed by atoms with Crippen LogP contribution in [0.5, 0.6) is 5.75 Å². The van der Waals surface area contributed by atoms with E-state index in [2.05, 4.69) is 10.6 Å². The van der Waals surface area contributed by atoms with Crippen molar-refractivity contribution in [3.8, 4) is 5.75 Å². The highest BCUT2D eigenvalue weighted by atomic mass is 19.1. The van der Waals surface area contributed by atoms with Crippen molar-refractivity contribution < 1.29 is 13.9 Å². The van der Waals surface area contributed by atoms with Gasteiger partial charge in [0.05, 0.1) is 0 Å². The van der Waals surface area contributed by atoms with Crippen LogP contribution in [-0.4, -0.2) is 6.03 Å². The van der Waals surface area contributed by atoms with Gasteiger partial charge in [0.2, 0.25) is 0 Å². The van der Waals surface area contributed by atoms with E-state index in [1.807, 2.05) is 30.3 Å². The third kappa shape index (κ3) is 5.34. The number of hydrogen-bond acceptors (Lipinski definition) is 2. The molecule has 3 aromatic carbocycles. The number of carbonyl (C=O) groups excluding carboxylic acids is 1. The third-order valence-electron chi connectivity index (χ3n) is 3.73. The number of ether oxygens (including phenoxy) is 1. The number of amides is 2. The minimum absolute atomic E-state index is 0.298. The van der Waals surface area contributed by atoms with Crippen LogP contribution in [0.3, 0.4) is 0 Å². The quantitative estimate of drug-likeness (QED) is 0.675. The second-order valence-electron chi connectivity index (χ2n) is 5.73. The van der Waals surface area contributed by atoms with Gasteiger partial charge in [-0.2, -0.15) is 0 Å². The van der Waals surface area contributed by atoms with Gasteiger partial charge in [-0.1, -0.05) is 42.5 Å². The summed E-state index contributed by atoms with van der Waals surface area (Å²) in [7, 11) is 0. The summed E-state index contributed by atoms with van der Waals surface area (Å²) in [6.45, 7) is 0.816. The van der Waals surface area contributed by atoms with Gasteiger partial charge in [-0.15, -0.1) is 0 Å². The summed E-state index contributed by atoms with van der Waals surface area (Å²) in [5.41, 5.74) is 2.58. The zero-order valence-corrected chi connectivity index (χ0v) is 14.1. The van der Waals surface area contributed by atoms with E-state index in [0.717, 1.165) is 16.9 Å². The fourth-order valence-corrected chi connectivity index (χ4v) is 2.34. The van der Waals surface area contributed by atoms with Crippen LogP contribution in [0.15, 0.2) is 78.9 Å². The highest BCUT2D eigenvalue weighted by Crippen LogP contribution is 2.17. The maximum atomic E-state index is 12.8. The fourth-order valence-electron chi connectivity index (χ4n) is 2.34. The first-order valence-electron chi connectivity index (χ1n) is 8.25. The second kappa shape index (κ2) is 8.67. The lowest BCUT2D eigenvalue weighted by Crippen LogP contribution is -2.28. The van der Waals surface area contributed by atoms with Crippen LogP contribution in [0.1, 0.15) is 11.1 Å². The van der Waals surface area contributed by atoms with E-state index in [4.69, 9.17) is 4.74 Å². The van der Waals surface area contributed by atoms with Gasteiger partial charge < -0.3 is 15.4 Å². The van der Waals surface area contributed by atoms with E-state index in [1.54, 1.807) is 36.4 Å². The van der Waals surface area contributed by atoms with Crippen LogP contribution in [-0.2, 0) is 13.2 Å². The summed E-state index contributed by atoms with van der Waals surface area (Å²) in [5.74, 6) is 0.430. The van der Waals surface area contributed by atoms with Gasteiger partial charge in [-0.05, 0) is 47.5 Å². The molecule has 132 valence electrons. The van der Waals surface area contributed by atoms with E-state index in [9.17, 15) is 9.18 Å². The van der Waals surface area contributed by atoms with Crippen molar-refractivity contribution in [2.45, 2.75) is 13.2 Å². The van der Waals surface area contributed by atoms with Crippen molar-refractivity contribution in [2.24, 2.45) is 0 Å². The number of nitrogens with one attached hydrogen (secondary N) is 2. The normalized spacial score (nSPS) is 10.2. The topological polar surface area (TPSA) is 50.4 Å². The predicted molar refractivity (Wildman–Crippen MR) is 99.5 cm³/mol. The van der Waals surface area contributed by atoms with Crippen LogP contribution in [0.25, 0.3) is 0 Å². The molecule has 4 nitrogen and oxygen atoms in total. The van der Waals surface area contributed by atoms with Gasteiger partial charge in [-0.3, -0.25) is 0 Å². The number of halogens is 1. The molecule has 0 saturated carbocycles. The largest absolute Gasteiger partial charge is 0.489 e. The Morgan fingerprint density at radius 1 is 0.846 bits per heavy atom. The molecule has 2 N–H and O–H groups in total. The molecule has 0 fully saturated rings. The molecule has 5 heteroatoms. The van der Waals surface area contributed by atoms with Gasteiger partial charge in [-0.25, -0.2) is 9.18 Å². The summed E-state index contributed by atoms with van der Waals surface area (Å²) in [6, 6.07) is 22.7. The summed E-state index contributed by atoms with van der Waals surface area (Å²) in [5, 5.41) is 5.47. The molecule has 0 aliphatic heterocycles. The monoisotopic (exact) mass is 350 g/mol. The molecule has 0 heterocycles. The van der Waals surface area contributed by atoms with Gasteiger partial charge in [0, 0.05) is 12.2 Å². The van der Waals surface area contributed by atoms with E-state index in [0.29, 0.717) is 18.8 Å². The lowest BCUT2D eigenvalue weighted by molar-refractivity contribution is 0.251. The highest BCUT2D eigenvalue weighted by Gasteiger charge is 2.03. The molecular weight excluding hydrogens is 331 g/mol. The highest BCUT2D eigenvalue weighted by molar-refractivity contribution is 5.89. The molecule has 0 spiro atoms. The van der Waals surface area contributed by atoms with Gasteiger partial charge in [0.25, 0.3) is 0 Å². The number of carbonyl (C=O) groups is 1. The third-order valence-corrected chi connectivity index (χ3v) is 3.73. The summed E-state index contributed by atoms with van der Waals surface area (Å²) >= 11 is 0. The van der Waals surface area contributed by atoms with E-state index < -0.39 is 0 Å². The fraction of sp³-hybridized carbons (Fsp3) is 0.0952. The van der Waals surface area contributed by atoms with Gasteiger partial charge in [0.15, 0.2) is 0 Å². The SMILES string of the molecule is O=C(NCc1ccc(F)cc1)Nc1ccc(OCc2ccccc2)cc1. The first-order chi connectivity index (χ1) is 12.7. The minimum atomic E-state index is -0.327. The molecule has 3 aromatic rings. The number of hydrogen-bond donors (Lipinski definition) is 2. The molecule has 0 aliphatic rings. The molecular formula is C21H19FN2O2. The van der Waals surface area contributed by atoms with Crippen LogP contribution in [0.2, 0.25) is 0 Å². The van der Waals surface area contributed by atoms with E-state index in [-0.39, 0.29) is 11.8 Å². The molecule has 0 unspecified atom stereocenters. The first-order valence-corrected chi connectivity index (χ1v) is 8.25. The average molecular weight is 350 g/mol. The van der Waals surface area contributed by atoms with Gasteiger partial charge >= 0.3 is 6.03 Å². The number of urea groups is 1. The Labute approximate surface area is 151 Å². The Hall–Kier alpha value is -3.34. The Bertz CT molecular complexity index is 834. The van der Waals surface area contributed by atoms with Crippen LogP contribution in [0, 0.1) is 5.82 Å². The number of rotatable bonds is 6. The Kier molecular flexibility index (Phi) is 5.83. The standard InChI is InChI=1S/C21H19FN2O2/c22-18-8-6-16(7-9-18)14-23-21(25)24-19-10-12-20(13-11-19)26-15-17-4-2-1-3-5-17/h1-13H,14-15H2,(H2,23,24,25). The van der Waals surface area contributed by atoms with Crippen molar-refractivity contribution in [3.05, 3.63) is 95.8 Å². The molecule has 0 atom stereocenters. The molecule has 0 bridgehead atoms. The van der Waals surface area contributed by atoms with Crippen LogP contribution < -0.4 is 15.4 Å². The van der Waals surface area contributed by atoms with Crippen molar-refractivity contribution in [3.63, 3.8) is 0 Å². The molecule has 26 heavy (non-hydrogen) atoms. The minimum Gasteiger partial charge on any atom is -0.489 e.